The molecule has 0 bridgehead atoms. The largest absolute Gasteiger partial charge is 0.365 e. The van der Waals surface area contributed by atoms with Gasteiger partial charge in [0.2, 0.25) is 0 Å². The molecule has 0 aliphatic carbocycles. The summed E-state index contributed by atoms with van der Waals surface area (Å²) >= 11 is 1.70. The smallest absolute Gasteiger partial charge is 0.175 e. The van der Waals surface area contributed by atoms with Crippen molar-refractivity contribution in [2.75, 3.05) is 11.6 Å². The van der Waals surface area contributed by atoms with Gasteiger partial charge < -0.3 is 5.32 Å². The highest BCUT2D eigenvalue weighted by atomic mass is 32.2. The van der Waals surface area contributed by atoms with Gasteiger partial charge in [-0.05, 0) is 35.7 Å². The van der Waals surface area contributed by atoms with E-state index in [0.717, 1.165) is 23.6 Å². The molecule has 3 rings (SSSR count). The number of rotatable bonds is 5. The number of anilines is 1. The van der Waals surface area contributed by atoms with Gasteiger partial charge in [-0.25, -0.2) is 13.4 Å². The minimum Gasteiger partial charge on any atom is -0.365 e. The Balaban J connectivity index is 1.79. The number of sulfone groups is 1. The van der Waals surface area contributed by atoms with Gasteiger partial charge in [0.1, 0.15) is 5.82 Å². The minimum absolute atomic E-state index is 0.313. The second-order valence-electron chi connectivity index (χ2n) is 5.14. The maximum absolute atomic E-state index is 11.5. The molecule has 1 aromatic carbocycles. The van der Waals surface area contributed by atoms with Crippen LogP contribution in [0.15, 0.2) is 64.9 Å². The lowest BCUT2D eigenvalue weighted by Crippen LogP contribution is -2.00. The number of thiophene rings is 1. The van der Waals surface area contributed by atoms with E-state index in [1.807, 2.05) is 29.6 Å². The van der Waals surface area contributed by atoms with E-state index in [2.05, 4.69) is 16.4 Å². The molecule has 1 N–H and O–H groups in total. The van der Waals surface area contributed by atoms with E-state index in [1.165, 1.54) is 11.1 Å². The van der Waals surface area contributed by atoms with Crippen LogP contribution in [-0.2, 0) is 16.4 Å². The van der Waals surface area contributed by atoms with Gasteiger partial charge in [-0.2, -0.15) is 0 Å². The van der Waals surface area contributed by atoms with Gasteiger partial charge >= 0.3 is 0 Å². The highest BCUT2D eigenvalue weighted by Crippen LogP contribution is 2.21. The Hall–Kier alpha value is -2.18. The van der Waals surface area contributed by atoms with Gasteiger partial charge in [0.25, 0.3) is 0 Å². The molecule has 3 aromatic rings. The van der Waals surface area contributed by atoms with E-state index in [0.29, 0.717) is 4.90 Å². The molecule has 2 heterocycles. The van der Waals surface area contributed by atoms with Crippen LogP contribution in [0.5, 0.6) is 0 Å². The van der Waals surface area contributed by atoms with E-state index in [9.17, 15) is 8.42 Å². The zero-order chi connectivity index (χ0) is 16.3. The van der Waals surface area contributed by atoms with Crippen LogP contribution in [0.1, 0.15) is 4.88 Å². The highest BCUT2D eigenvalue weighted by Gasteiger charge is 2.07. The summed E-state index contributed by atoms with van der Waals surface area (Å²) in [6, 6.07) is 16.6. The zero-order valence-corrected chi connectivity index (χ0v) is 14.2. The Morgan fingerprint density at radius 1 is 1.04 bits per heavy atom. The van der Waals surface area contributed by atoms with Gasteiger partial charge in [-0.1, -0.05) is 24.3 Å². The van der Waals surface area contributed by atoms with Crippen LogP contribution in [-0.4, -0.2) is 19.7 Å². The van der Waals surface area contributed by atoms with Gasteiger partial charge in [0.05, 0.1) is 17.1 Å². The number of benzene rings is 1. The lowest BCUT2D eigenvalue weighted by molar-refractivity contribution is 0.602. The fourth-order valence-corrected chi connectivity index (χ4v) is 3.43. The number of hydrogen-bond acceptors (Lipinski definition) is 5. The second kappa shape index (κ2) is 6.52. The van der Waals surface area contributed by atoms with E-state index < -0.39 is 9.84 Å². The molecular weight excluding hydrogens is 328 g/mol. The summed E-state index contributed by atoms with van der Waals surface area (Å²) < 4.78 is 23.0. The lowest BCUT2D eigenvalue weighted by atomic mass is 10.1. The Bertz CT molecular complexity index is 887. The summed E-state index contributed by atoms with van der Waals surface area (Å²) in [4.78, 5) is 6.14. The fraction of sp³-hybridized carbons (Fsp3) is 0.118. The minimum atomic E-state index is -3.18. The molecule has 118 valence electrons. The van der Waals surface area contributed by atoms with Gasteiger partial charge in [0, 0.05) is 16.7 Å². The normalized spacial score (nSPS) is 11.3. The average molecular weight is 344 g/mol. The van der Waals surface area contributed by atoms with Crippen LogP contribution in [0.2, 0.25) is 0 Å². The SMILES string of the molecule is CS(=O)(=O)c1ccc(-c2cccc(NCc3cccs3)n2)cc1. The molecule has 4 nitrogen and oxygen atoms in total. The first-order valence-electron chi connectivity index (χ1n) is 7.06. The summed E-state index contributed by atoms with van der Waals surface area (Å²) in [5.74, 6) is 0.795. The zero-order valence-electron chi connectivity index (χ0n) is 12.6. The predicted octanol–water partition coefficient (Wildman–Crippen LogP) is 3.83. The number of nitrogens with one attached hydrogen (secondary N) is 1. The monoisotopic (exact) mass is 344 g/mol. The first kappa shape index (κ1) is 15.7. The van der Waals surface area contributed by atoms with E-state index in [4.69, 9.17) is 0 Å². The van der Waals surface area contributed by atoms with Crippen molar-refractivity contribution in [2.45, 2.75) is 11.4 Å². The Morgan fingerprint density at radius 2 is 1.83 bits per heavy atom. The van der Waals surface area contributed by atoms with Crippen molar-refractivity contribution in [2.24, 2.45) is 0 Å². The molecular formula is C17H16N2O2S2. The fourth-order valence-electron chi connectivity index (χ4n) is 2.16. The first-order valence-corrected chi connectivity index (χ1v) is 9.83. The Morgan fingerprint density at radius 3 is 2.48 bits per heavy atom. The van der Waals surface area contributed by atoms with E-state index in [1.54, 1.807) is 35.6 Å². The quantitative estimate of drug-likeness (QED) is 0.764. The third kappa shape index (κ3) is 3.97. The van der Waals surface area contributed by atoms with E-state index in [-0.39, 0.29) is 0 Å². The highest BCUT2D eigenvalue weighted by molar-refractivity contribution is 7.90. The molecule has 0 fully saturated rings. The number of hydrogen-bond donors (Lipinski definition) is 1. The third-order valence-electron chi connectivity index (χ3n) is 3.35. The molecule has 2 aromatic heterocycles. The van der Waals surface area contributed by atoms with Crippen LogP contribution in [0.3, 0.4) is 0 Å². The average Bonchev–Trinajstić information content (AvgIpc) is 3.06. The second-order valence-corrected chi connectivity index (χ2v) is 8.19. The first-order chi connectivity index (χ1) is 11.0. The standard InChI is InChI=1S/C17H16N2O2S2/c1-23(20,21)15-9-7-13(8-10-15)16-5-2-6-17(19-16)18-12-14-4-3-11-22-14/h2-11H,12H2,1H3,(H,18,19). The third-order valence-corrected chi connectivity index (χ3v) is 5.36. The van der Waals surface area contributed by atoms with Crippen molar-refractivity contribution >= 4 is 27.0 Å². The van der Waals surface area contributed by atoms with Crippen molar-refractivity contribution in [3.8, 4) is 11.3 Å². The van der Waals surface area contributed by atoms with Crippen molar-refractivity contribution in [3.63, 3.8) is 0 Å². The topological polar surface area (TPSA) is 59.1 Å². The number of nitrogens with zero attached hydrogens (tertiary/aromatic N) is 1. The van der Waals surface area contributed by atoms with Crippen molar-refractivity contribution in [1.29, 1.82) is 0 Å². The van der Waals surface area contributed by atoms with Gasteiger partial charge in [0.15, 0.2) is 9.84 Å². The molecule has 0 spiro atoms. The van der Waals surface area contributed by atoms with Crippen LogP contribution in [0.25, 0.3) is 11.3 Å². The summed E-state index contributed by atoms with van der Waals surface area (Å²) in [5.41, 5.74) is 1.69. The van der Waals surface area contributed by atoms with Gasteiger partial charge in [-0.3, -0.25) is 0 Å². The predicted molar refractivity (Wildman–Crippen MR) is 94.4 cm³/mol. The molecule has 0 unspecified atom stereocenters. The maximum atomic E-state index is 11.5. The summed E-state index contributed by atoms with van der Waals surface area (Å²) in [7, 11) is -3.18. The van der Waals surface area contributed by atoms with Crippen LogP contribution >= 0.6 is 11.3 Å². The Kier molecular flexibility index (Phi) is 4.45. The summed E-state index contributed by atoms with van der Waals surface area (Å²) in [5, 5.41) is 5.34. The molecule has 0 saturated heterocycles. The van der Waals surface area contributed by atoms with Gasteiger partial charge in [-0.15, -0.1) is 11.3 Å². The van der Waals surface area contributed by atoms with Crippen molar-refractivity contribution in [3.05, 3.63) is 64.9 Å². The molecule has 23 heavy (non-hydrogen) atoms. The maximum Gasteiger partial charge on any atom is 0.175 e. The molecule has 0 radical (unpaired) electrons. The molecule has 6 heteroatoms. The number of aromatic nitrogens is 1. The molecule has 0 saturated carbocycles. The molecule has 0 aliphatic rings. The Labute approximate surface area is 139 Å². The van der Waals surface area contributed by atoms with Crippen LogP contribution in [0.4, 0.5) is 5.82 Å². The molecule has 0 amide bonds. The van der Waals surface area contributed by atoms with Crippen molar-refractivity contribution in [1.82, 2.24) is 4.98 Å². The molecule has 0 aliphatic heterocycles. The summed E-state index contributed by atoms with van der Waals surface area (Å²) in [6.07, 6.45) is 1.20. The molecule has 0 atom stereocenters. The summed E-state index contributed by atoms with van der Waals surface area (Å²) in [6.45, 7) is 0.737. The van der Waals surface area contributed by atoms with Crippen LogP contribution < -0.4 is 5.32 Å². The number of pyridine rings is 1. The van der Waals surface area contributed by atoms with Crippen molar-refractivity contribution < 1.29 is 8.42 Å². The lowest BCUT2D eigenvalue weighted by Gasteiger charge is -2.07. The van der Waals surface area contributed by atoms with E-state index >= 15 is 0 Å². The van der Waals surface area contributed by atoms with Crippen LogP contribution in [0, 0.1) is 0 Å².